The minimum absolute atomic E-state index is 0.0876. The van der Waals surface area contributed by atoms with Gasteiger partial charge in [-0.2, -0.15) is 0 Å². The lowest BCUT2D eigenvalue weighted by Gasteiger charge is -2.35. The minimum Gasteiger partial charge on any atom is -0.482 e. The Bertz CT molecular complexity index is 1050. The molecule has 1 aliphatic heterocycles. The van der Waals surface area contributed by atoms with Gasteiger partial charge in [-0.25, -0.2) is 0 Å². The summed E-state index contributed by atoms with van der Waals surface area (Å²) in [7, 11) is 0. The lowest BCUT2D eigenvalue weighted by atomic mass is 10.1. The molecular weight excluding hydrogens is 459 g/mol. The summed E-state index contributed by atoms with van der Waals surface area (Å²) in [6, 6.07) is 16.4. The molecular formula is C22H19Cl3N4O2. The summed E-state index contributed by atoms with van der Waals surface area (Å²) < 4.78 is 5.55. The van der Waals surface area contributed by atoms with E-state index in [9.17, 15) is 4.79 Å². The molecule has 0 bridgehead atoms. The average molecular weight is 478 g/mol. The molecule has 2 heterocycles. The average Bonchev–Trinajstić information content (AvgIpc) is 2.80. The number of nitrogens with zero attached hydrogens (tertiary/aromatic N) is 4. The first-order valence-corrected chi connectivity index (χ1v) is 10.8. The van der Waals surface area contributed by atoms with E-state index >= 15 is 0 Å². The van der Waals surface area contributed by atoms with E-state index in [4.69, 9.17) is 39.5 Å². The van der Waals surface area contributed by atoms with Crippen LogP contribution in [-0.4, -0.2) is 53.8 Å². The number of carbonyl (C=O) groups is 1. The van der Waals surface area contributed by atoms with Crippen LogP contribution in [0.15, 0.2) is 54.6 Å². The molecule has 3 aromatic rings. The Kier molecular flexibility index (Phi) is 6.80. The third-order valence-electron chi connectivity index (χ3n) is 5.01. The molecule has 0 radical (unpaired) electrons. The molecule has 0 aliphatic carbocycles. The van der Waals surface area contributed by atoms with E-state index in [1.54, 1.807) is 23.1 Å². The van der Waals surface area contributed by atoms with Gasteiger partial charge in [0.25, 0.3) is 5.91 Å². The molecule has 0 saturated carbocycles. The number of aromatic nitrogens is 2. The van der Waals surface area contributed by atoms with Gasteiger partial charge in [0, 0.05) is 36.8 Å². The highest BCUT2D eigenvalue weighted by atomic mass is 35.5. The van der Waals surface area contributed by atoms with Gasteiger partial charge in [0.15, 0.2) is 12.4 Å². The summed E-state index contributed by atoms with van der Waals surface area (Å²) in [5.74, 6) is 1.09. The van der Waals surface area contributed by atoms with Crippen molar-refractivity contribution >= 4 is 46.5 Å². The summed E-state index contributed by atoms with van der Waals surface area (Å²) in [5.41, 5.74) is 1.74. The second-order valence-corrected chi connectivity index (χ2v) is 8.21. The molecule has 1 amide bonds. The van der Waals surface area contributed by atoms with Crippen LogP contribution in [0, 0.1) is 0 Å². The third kappa shape index (κ3) is 5.21. The third-order valence-corrected chi connectivity index (χ3v) is 6.07. The Morgan fingerprint density at radius 2 is 1.65 bits per heavy atom. The zero-order valence-corrected chi connectivity index (χ0v) is 18.7. The molecule has 0 N–H and O–H groups in total. The van der Waals surface area contributed by atoms with Crippen LogP contribution in [0.5, 0.6) is 5.75 Å². The summed E-state index contributed by atoms with van der Waals surface area (Å²) >= 11 is 18.0. The topological polar surface area (TPSA) is 58.6 Å². The number of carbonyl (C=O) groups excluding carboxylic acids is 1. The molecule has 0 unspecified atom stereocenters. The lowest BCUT2D eigenvalue weighted by Crippen LogP contribution is -2.50. The van der Waals surface area contributed by atoms with E-state index in [1.807, 2.05) is 36.4 Å². The van der Waals surface area contributed by atoms with Gasteiger partial charge in [-0.15, -0.1) is 10.2 Å². The van der Waals surface area contributed by atoms with Crippen molar-refractivity contribution in [3.63, 3.8) is 0 Å². The molecule has 1 fully saturated rings. The summed E-state index contributed by atoms with van der Waals surface area (Å²) in [6.45, 7) is 2.39. The minimum atomic E-state index is -0.0973. The summed E-state index contributed by atoms with van der Waals surface area (Å²) in [4.78, 5) is 16.4. The van der Waals surface area contributed by atoms with Crippen molar-refractivity contribution in [2.75, 3.05) is 37.7 Å². The molecule has 2 aromatic carbocycles. The van der Waals surface area contributed by atoms with E-state index in [0.717, 1.165) is 17.1 Å². The van der Waals surface area contributed by atoms with Crippen LogP contribution >= 0.6 is 34.8 Å². The Labute approximate surface area is 195 Å². The van der Waals surface area contributed by atoms with Crippen molar-refractivity contribution in [2.45, 2.75) is 0 Å². The summed E-state index contributed by atoms with van der Waals surface area (Å²) in [5, 5.41) is 10.1. The quantitative estimate of drug-likeness (QED) is 0.527. The zero-order valence-electron chi connectivity index (χ0n) is 16.5. The standard InChI is InChI=1S/C22H19Cl3N4O2/c23-16-6-4-15(5-7-16)18-8-9-20(27-26-18)28-10-12-29(13-11-28)21(30)14-31-19-3-1-2-17(24)22(19)25/h1-9H,10-14H2. The number of hydrogen-bond acceptors (Lipinski definition) is 5. The maximum absolute atomic E-state index is 12.5. The number of anilines is 1. The normalized spacial score (nSPS) is 13.9. The number of piperazine rings is 1. The van der Waals surface area contributed by atoms with Gasteiger partial charge in [0.05, 0.1) is 10.7 Å². The summed E-state index contributed by atoms with van der Waals surface area (Å²) in [6.07, 6.45) is 0. The largest absolute Gasteiger partial charge is 0.482 e. The zero-order chi connectivity index (χ0) is 21.8. The molecule has 9 heteroatoms. The number of amides is 1. The number of halogens is 3. The predicted octanol–water partition coefficient (Wildman–Crippen LogP) is 4.83. The Balaban J connectivity index is 1.30. The molecule has 1 aromatic heterocycles. The maximum Gasteiger partial charge on any atom is 0.260 e. The second kappa shape index (κ2) is 9.73. The fraction of sp³-hybridized carbons (Fsp3) is 0.227. The van der Waals surface area contributed by atoms with Crippen molar-refractivity contribution in [3.05, 3.63) is 69.7 Å². The van der Waals surface area contributed by atoms with Gasteiger partial charge in [-0.3, -0.25) is 4.79 Å². The number of rotatable bonds is 5. The monoisotopic (exact) mass is 476 g/mol. The van der Waals surface area contributed by atoms with Crippen LogP contribution in [0.1, 0.15) is 0 Å². The van der Waals surface area contributed by atoms with E-state index in [1.165, 1.54) is 0 Å². The fourth-order valence-corrected chi connectivity index (χ4v) is 3.75. The Morgan fingerprint density at radius 1 is 0.903 bits per heavy atom. The molecule has 6 nitrogen and oxygen atoms in total. The predicted molar refractivity (Wildman–Crippen MR) is 123 cm³/mol. The van der Waals surface area contributed by atoms with Crippen LogP contribution < -0.4 is 9.64 Å². The maximum atomic E-state index is 12.5. The SMILES string of the molecule is O=C(COc1cccc(Cl)c1Cl)N1CCN(c2ccc(-c3ccc(Cl)cc3)nn2)CC1. The first-order valence-electron chi connectivity index (χ1n) is 9.70. The Hall–Kier alpha value is -2.54. The lowest BCUT2D eigenvalue weighted by molar-refractivity contribution is -0.133. The molecule has 31 heavy (non-hydrogen) atoms. The second-order valence-electron chi connectivity index (χ2n) is 6.99. The van der Waals surface area contributed by atoms with Crippen molar-refractivity contribution in [2.24, 2.45) is 0 Å². The van der Waals surface area contributed by atoms with Gasteiger partial charge in [-0.05, 0) is 36.4 Å². The first-order chi connectivity index (χ1) is 15.0. The van der Waals surface area contributed by atoms with Crippen LogP contribution in [0.3, 0.4) is 0 Å². The highest BCUT2D eigenvalue weighted by molar-refractivity contribution is 6.42. The number of ether oxygens (including phenoxy) is 1. The van der Waals surface area contributed by atoms with Crippen LogP contribution in [0.2, 0.25) is 15.1 Å². The molecule has 1 aliphatic rings. The van der Waals surface area contributed by atoms with E-state index in [2.05, 4.69) is 15.1 Å². The van der Waals surface area contributed by atoms with Gasteiger partial charge < -0.3 is 14.5 Å². The van der Waals surface area contributed by atoms with Gasteiger partial charge in [-0.1, -0.05) is 53.0 Å². The van der Waals surface area contributed by atoms with Gasteiger partial charge >= 0.3 is 0 Å². The van der Waals surface area contributed by atoms with Crippen molar-refractivity contribution in [3.8, 4) is 17.0 Å². The van der Waals surface area contributed by atoms with E-state index < -0.39 is 0 Å². The van der Waals surface area contributed by atoms with Gasteiger partial charge in [0.2, 0.25) is 0 Å². The smallest absolute Gasteiger partial charge is 0.260 e. The highest BCUT2D eigenvalue weighted by Crippen LogP contribution is 2.31. The van der Waals surface area contributed by atoms with Crippen molar-refractivity contribution in [1.82, 2.24) is 15.1 Å². The fourth-order valence-electron chi connectivity index (χ4n) is 3.28. The molecule has 0 spiro atoms. The van der Waals surface area contributed by atoms with Crippen LogP contribution in [-0.2, 0) is 4.79 Å². The van der Waals surface area contributed by atoms with Gasteiger partial charge in [0.1, 0.15) is 10.8 Å². The van der Waals surface area contributed by atoms with E-state index in [0.29, 0.717) is 47.0 Å². The number of hydrogen-bond donors (Lipinski definition) is 0. The molecule has 0 atom stereocenters. The van der Waals surface area contributed by atoms with Crippen LogP contribution in [0.4, 0.5) is 5.82 Å². The number of benzene rings is 2. The molecule has 4 rings (SSSR count). The van der Waals surface area contributed by atoms with E-state index in [-0.39, 0.29) is 12.5 Å². The Morgan fingerprint density at radius 3 is 2.32 bits per heavy atom. The molecule has 1 saturated heterocycles. The highest BCUT2D eigenvalue weighted by Gasteiger charge is 2.23. The molecule has 160 valence electrons. The van der Waals surface area contributed by atoms with Crippen molar-refractivity contribution < 1.29 is 9.53 Å². The first kappa shape index (κ1) is 21.7. The van der Waals surface area contributed by atoms with Crippen molar-refractivity contribution in [1.29, 1.82) is 0 Å². The van der Waals surface area contributed by atoms with Crippen LogP contribution in [0.25, 0.3) is 11.3 Å².